The maximum absolute atomic E-state index is 11.8. The van der Waals surface area contributed by atoms with Crippen molar-refractivity contribution in [3.05, 3.63) is 60.4 Å². The average molecular weight is 262 g/mol. The molecular formula is C12H10N2O3S. The Morgan fingerprint density at radius 2 is 1.78 bits per heavy atom. The first-order chi connectivity index (χ1) is 8.59. The van der Waals surface area contributed by atoms with Crippen LogP contribution in [-0.2, 0) is 10.0 Å². The van der Waals surface area contributed by atoms with Crippen molar-refractivity contribution >= 4 is 15.9 Å². The summed E-state index contributed by atoms with van der Waals surface area (Å²) in [5.41, 5.74) is 0.282. The van der Waals surface area contributed by atoms with E-state index >= 15 is 0 Å². The Kier molecular flexibility index (Phi) is 3.38. The van der Waals surface area contributed by atoms with Crippen LogP contribution in [0, 0.1) is 0 Å². The van der Waals surface area contributed by atoms with Gasteiger partial charge < -0.3 is 0 Å². The molecule has 5 nitrogen and oxygen atoms in total. The quantitative estimate of drug-likeness (QED) is 0.901. The van der Waals surface area contributed by atoms with E-state index in [9.17, 15) is 13.2 Å². The van der Waals surface area contributed by atoms with E-state index in [1.165, 1.54) is 36.7 Å². The van der Waals surface area contributed by atoms with Gasteiger partial charge in [0.25, 0.3) is 15.9 Å². The van der Waals surface area contributed by atoms with Crippen LogP contribution in [0.15, 0.2) is 59.8 Å². The molecule has 0 saturated carbocycles. The van der Waals surface area contributed by atoms with Gasteiger partial charge in [-0.3, -0.25) is 9.78 Å². The van der Waals surface area contributed by atoms with Crippen LogP contribution in [0.1, 0.15) is 10.4 Å². The van der Waals surface area contributed by atoms with Gasteiger partial charge >= 0.3 is 0 Å². The molecular weight excluding hydrogens is 252 g/mol. The van der Waals surface area contributed by atoms with Gasteiger partial charge in [-0.1, -0.05) is 18.2 Å². The molecule has 0 aliphatic carbocycles. The highest BCUT2D eigenvalue weighted by molar-refractivity contribution is 7.90. The monoisotopic (exact) mass is 262 g/mol. The number of hydrogen-bond acceptors (Lipinski definition) is 4. The minimum Gasteiger partial charge on any atom is -0.268 e. The molecule has 1 N–H and O–H groups in total. The topological polar surface area (TPSA) is 76.1 Å². The molecule has 92 valence electrons. The highest BCUT2D eigenvalue weighted by Gasteiger charge is 2.18. The lowest BCUT2D eigenvalue weighted by Gasteiger charge is -2.06. The Bertz CT molecular complexity index is 640. The van der Waals surface area contributed by atoms with Crippen LogP contribution >= 0.6 is 0 Å². The van der Waals surface area contributed by atoms with E-state index in [1.54, 1.807) is 18.2 Å². The Hall–Kier alpha value is -2.21. The highest BCUT2D eigenvalue weighted by atomic mass is 32.2. The Morgan fingerprint density at radius 1 is 1.06 bits per heavy atom. The molecule has 0 atom stereocenters. The summed E-state index contributed by atoms with van der Waals surface area (Å²) in [6, 6.07) is 11.0. The number of amides is 1. The molecule has 18 heavy (non-hydrogen) atoms. The molecule has 6 heteroatoms. The van der Waals surface area contributed by atoms with Gasteiger partial charge in [-0.2, -0.15) is 0 Å². The summed E-state index contributed by atoms with van der Waals surface area (Å²) in [6.45, 7) is 0. The minimum absolute atomic E-state index is 0.0470. The number of sulfonamides is 1. The van der Waals surface area contributed by atoms with Crippen LogP contribution in [0.5, 0.6) is 0 Å². The van der Waals surface area contributed by atoms with Crippen LogP contribution in [-0.4, -0.2) is 19.3 Å². The van der Waals surface area contributed by atoms with Crippen molar-refractivity contribution in [1.82, 2.24) is 9.71 Å². The summed E-state index contributed by atoms with van der Waals surface area (Å²) in [5, 5.41) is 0. The molecule has 2 rings (SSSR count). The molecule has 1 amide bonds. The van der Waals surface area contributed by atoms with Crippen molar-refractivity contribution < 1.29 is 13.2 Å². The van der Waals surface area contributed by atoms with Gasteiger partial charge in [-0.25, -0.2) is 13.1 Å². The summed E-state index contributed by atoms with van der Waals surface area (Å²) in [5.74, 6) is -0.667. The number of hydrogen-bond donors (Lipinski definition) is 1. The van der Waals surface area contributed by atoms with Gasteiger partial charge in [0.05, 0.1) is 0 Å². The summed E-state index contributed by atoms with van der Waals surface area (Å²) in [4.78, 5) is 15.4. The van der Waals surface area contributed by atoms with Crippen LogP contribution in [0.25, 0.3) is 0 Å². The predicted molar refractivity (Wildman–Crippen MR) is 65.3 cm³/mol. The van der Waals surface area contributed by atoms with E-state index in [0.717, 1.165) is 0 Å². The van der Waals surface area contributed by atoms with E-state index in [-0.39, 0.29) is 10.5 Å². The first-order valence-electron chi connectivity index (χ1n) is 5.12. The maximum atomic E-state index is 11.8. The maximum Gasteiger partial charge on any atom is 0.265 e. The first kappa shape index (κ1) is 12.3. The fourth-order valence-corrected chi connectivity index (χ4v) is 2.27. The second-order valence-electron chi connectivity index (χ2n) is 3.49. The Labute approximate surface area is 105 Å². The molecule has 0 aliphatic rings. The van der Waals surface area contributed by atoms with Gasteiger partial charge in [0.1, 0.15) is 4.90 Å². The molecule has 0 fully saturated rings. The molecule has 0 saturated heterocycles. The standard InChI is InChI=1S/C12H10N2O3S/c15-12(10-5-2-1-3-6-10)14-18(16,17)11-7-4-8-13-9-11/h1-9H,(H,14,15). The number of rotatable bonds is 3. The molecule has 1 heterocycles. The second-order valence-corrected chi connectivity index (χ2v) is 5.17. The highest BCUT2D eigenvalue weighted by Crippen LogP contribution is 2.07. The number of carbonyl (C=O) groups excluding carboxylic acids is 1. The number of carbonyl (C=O) groups is 1. The van der Waals surface area contributed by atoms with Gasteiger partial charge in [-0.05, 0) is 24.3 Å². The third-order valence-corrected chi connectivity index (χ3v) is 3.52. The van der Waals surface area contributed by atoms with E-state index in [4.69, 9.17) is 0 Å². The fourth-order valence-electron chi connectivity index (χ4n) is 1.34. The second kappa shape index (κ2) is 4.97. The number of pyridine rings is 1. The molecule has 0 spiro atoms. The molecule has 2 aromatic rings. The smallest absolute Gasteiger partial charge is 0.265 e. The van der Waals surface area contributed by atoms with Crippen molar-refractivity contribution in [1.29, 1.82) is 0 Å². The van der Waals surface area contributed by atoms with E-state index in [2.05, 4.69) is 4.98 Å². The first-order valence-corrected chi connectivity index (χ1v) is 6.60. The molecule has 1 aromatic heterocycles. The van der Waals surface area contributed by atoms with Crippen molar-refractivity contribution in [3.63, 3.8) is 0 Å². The largest absolute Gasteiger partial charge is 0.268 e. The van der Waals surface area contributed by atoms with Gasteiger partial charge in [0.2, 0.25) is 0 Å². The minimum atomic E-state index is -3.87. The van der Waals surface area contributed by atoms with Crippen LogP contribution < -0.4 is 4.72 Å². The molecule has 0 radical (unpaired) electrons. The van der Waals surface area contributed by atoms with Crippen molar-refractivity contribution in [2.24, 2.45) is 0 Å². The Balaban J connectivity index is 2.23. The van der Waals surface area contributed by atoms with Gasteiger partial charge in [0.15, 0.2) is 0 Å². The van der Waals surface area contributed by atoms with Crippen molar-refractivity contribution in [2.75, 3.05) is 0 Å². The van der Waals surface area contributed by atoms with E-state index in [1.807, 2.05) is 4.72 Å². The summed E-state index contributed by atoms with van der Waals surface area (Å²) >= 11 is 0. The lowest BCUT2D eigenvalue weighted by Crippen LogP contribution is -2.30. The van der Waals surface area contributed by atoms with Crippen LogP contribution in [0.2, 0.25) is 0 Å². The average Bonchev–Trinajstić information content (AvgIpc) is 2.40. The Morgan fingerprint density at radius 3 is 2.39 bits per heavy atom. The summed E-state index contributed by atoms with van der Waals surface area (Å²) < 4.78 is 25.7. The predicted octanol–water partition coefficient (Wildman–Crippen LogP) is 1.20. The third-order valence-electron chi connectivity index (χ3n) is 2.21. The van der Waals surface area contributed by atoms with E-state index in [0.29, 0.717) is 0 Å². The lowest BCUT2D eigenvalue weighted by molar-refractivity contribution is 0.0981. The van der Waals surface area contributed by atoms with Crippen molar-refractivity contribution in [2.45, 2.75) is 4.90 Å². The zero-order chi connectivity index (χ0) is 13.0. The van der Waals surface area contributed by atoms with Gasteiger partial charge in [0, 0.05) is 18.0 Å². The summed E-state index contributed by atoms with van der Waals surface area (Å²) in [6.07, 6.45) is 2.64. The van der Waals surface area contributed by atoms with Crippen molar-refractivity contribution in [3.8, 4) is 0 Å². The van der Waals surface area contributed by atoms with Crippen LogP contribution in [0.3, 0.4) is 0 Å². The number of aromatic nitrogens is 1. The third kappa shape index (κ3) is 2.72. The van der Waals surface area contributed by atoms with Crippen LogP contribution in [0.4, 0.5) is 0 Å². The number of nitrogens with zero attached hydrogens (tertiary/aromatic N) is 1. The van der Waals surface area contributed by atoms with E-state index < -0.39 is 15.9 Å². The fraction of sp³-hybridized carbons (Fsp3) is 0. The molecule has 0 bridgehead atoms. The number of nitrogens with one attached hydrogen (secondary N) is 1. The zero-order valence-corrected chi connectivity index (χ0v) is 10.1. The lowest BCUT2D eigenvalue weighted by atomic mass is 10.2. The van der Waals surface area contributed by atoms with Gasteiger partial charge in [-0.15, -0.1) is 0 Å². The molecule has 1 aromatic carbocycles. The summed E-state index contributed by atoms with van der Waals surface area (Å²) in [7, 11) is -3.87. The zero-order valence-electron chi connectivity index (χ0n) is 9.28. The SMILES string of the molecule is O=C(NS(=O)(=O)c1cccnc1)c1ccccc1. The molecule has 0 aliphatic heterocycles. The molecule has 0 unspecified atom stereocenters. The normalized spacial score (nSPS) is 10.9. The number of benzene rings is 1.